The van der Waals surface area contributed by atoms with Gasteiger partial charge in [-0.1, -0.05) is 13.0 Å². The Morgan fingerprint density at radius 3 is 1.98 bits per heavy atom. The summed E-state index contributed by atoms with van der Waals surface area (Å²) in [6, 6.07) is 7.10. The monoisotopic (exact) mass is 680 g/mol. The van der Waals surface area contributed by atoms with Crippen molar-refractivity contribution >= 4 is 17.6 Å². The van der Waals surface area contributed by atoms with Gasteiger partial charge in [0.05, 0.1) is 41.0 Å². The Bertz CT molecular complexity index is 1630. The third kappa shape index (κ3) is 7.84. The SMILES string of the molecule is CCOC(=O)C(C)C1CCC(c2cc(-c3ccc(F)cc3C)c(N(C)C(=O)C(C)(C)c3cc(C(F)(F)F)cc(C(F)(F)F)c3)cn2)CC1. The molecule has 1 aliphatic carbocycles. The Morgan fingerprint density at radius 2 is 1.46 bits per heavy atom. The number of pyridine rings is 1. The van der Waals surface area contributed by atoms with Crippen LogP contribution < -0.4 is 4.90 Å². The molecule has 1 heterocycles. The largest absolute Gasteiger partial charge is 0.466 e. The van der Waals surface area contributed by atoms with E-state index in [9.17, 15) is 40.3 Å². The van der Waals surface area contributed by atoms with Gasteiger partial charge < -0.3 is 9.64 Å². The van der Waals surface area contributed by atoms with Crippen molar-refractivity contribution in [1.82, 2.24) is 4.98 Å². The molecule has 1 aliphatic rings. The Morgan fingerprint density at radius 1 is 0.896 bits per heavy atom. The standard InChI is InChI=1S/C36H39F7N2O3/c1-7-48-32(46)21(3)22-8-10-23(11-9-22)30-18-29(28-13-12-27(37)14-20(28)2)31(19-44-30)45(6)33(47)34(4,5)24-15-25(35(38,39)40)17-26(16-24)36(41,42)43/h12-19,21-23H,7-11H2,1-6H3. The van der Waals surface area contributed by atoms with Crippen molar-refractivity contribution in [3.05, 3.63) is 82.4 Å². The van der Waals surface area contributed by atoms with Crippen LogP contribution in [0.15, 0.2) is 48.7 Å². The molecule has 0 aliphatic heterocycles. The molecule has 3 aromatic rings. The number of carbonyl (C=O) groups is 2. The summed E-state index contributed by atoms with van der Waals surface area (Å²) in [5.74, 6) is -1.56. The highest BCUT2D eigenvalue weighted by Crippen LogP contribution is 2.43. The average molecular weight is 681 g/mol. The maximum absolute atomic E-state index is 14.1. The number of hydrogen-bond donors (Lipinski definition) is 0. The summed E-state index contributed by atoms with van der Waals surface area (Å²) in [6.07, 6.45) is -5.69. The van der Waals surface area contributed by atoms with Gasteiger partial charge in [0, 0.05) is 24.2 Å². The van der Waals surface area contributed by atoms with Gasteiger partial charge in [-0.3, -0.25) is 14.6 Å². The first-order valence-electron chi connectivity index (χ1n) is 15.8. The zero-order valence-electron chi connectivity index (χ0n) is 27.7. The molecular formula is C36H39F7N2O3. The number of benzene rings is 2. The average Bonchev–Trinajstić information content (AvgIpc) is 3.02. The van der Waals surface area contributed by atoms with Gasteiger partial charge in [0.25, 0.3) is 0 Å². The van der Waals surface area contributed by atoms with Crippen LogP contribution in [0.5, 0.6) is 0 Å². The quantitative estimate of drug-likeness (QED) is 0.176. The number of rotatable bonds is 8. The number of amides is 1. The van der Waals surface area contributed by atoms with Gasteiger partial charge in [-0.15, -0.1) is 0 Å². The molecule has 0 radical (unpaired) electrons. The maximum Gasteiger partial charge on any atom is 0.416 e. The number of nitrogens with zero attached hydrogens (tertiary/aromatic N) is 2. The van der Waals surface area contributed by atoms with Crippen LogP contribution in [0, 0.1) is 24.6 Å². The third-order valence-electron chi connectivity index (χ3n) is 9.45. The van der Waals surface area contributed by atoms with Crippen molar-refractivity contribution in [2.75, 3.05) is 18.6 Å². The number of aryl methyl sites for hydroxylation is 1. The number of ether oxygens (including phenoxy) is 1. The van der Waals surface area contributed by atoms with E-state index in [2.05, 4.69) is 4.98 Å². The van der Waals surface area contributed by atoms with E-state index >= 15 is 0 Å². The molecule has 260 valence electrons. The summed E-state index contributed by atoms with van der Waals surface area (Å²) in [7, 11) is 1.38. The van der Waals surface area contributed by atoms with E-state index in [0.29, 0.717) is 41.1 Å². The van der Waals surface area contributed by atoms with Crippen LogP contribution in [0.25, 0.3) is 11.1 Å². The van der Waals surface area contributed by atoms with Gasteiger partial charge in [0.2, 0.25) is 5.91 Å². The lowest BCUT2D eigenvalue weighted by Crippen LogP contribution is -2.42. The number of anilines is 1. The van der Waals surface area contributed by atoms with Crippen LogP contribution in [-0.4, -0.2) is 30.5 Å². The van der Waals surface area contributed by atoms with Crippen LogP contribution >= 0.6 is 0 Å². The Hall–Kier alpha value is -3.96. The van der Waals surface area contributed by atoms with Crippen molar-refractivity contribution in [3.63, 3.8) is 0 Å². The van der Waals surface area contributed by atoms with Crippen molar-refractivity contribution in [1.29, 1.82) is 0 Å². The van der Waals surface area contributed by atoms with Crippen molar-refractivity contribution in [2.45, 2.75) is 84.0 Å². The fourth-order valence-corrected chi connectivity index (χ4v) is 6.45. The van der Waals surface area contributed by atoms with E-state index in [0.717, 1.165) is 25.7 Å². The molecule has 48 heavy (non-hydrogen) atoms. The molecule has 1 amide bonds. The normalized spacial score (nSPS) is 17.9. The second-order valence-electron chi connectivity index (χ2n) is 13.0. The fraction of sp³-hybridized carbons (Fsp3) is 0.472. The van der Waals surface area contributed by atoms with Crippen LogP contribution in [0.4, 0.5) is 36.4 Å². The predicted molar refractivity (Wildman–Crippen MR) is 168 cm³/mol. The van der Waals surface area contributed by atoms with Crippen molar-refractivity contribution < 1.29 is 45.1 Å². The summed E-state index contributed by atoms with van der Waals surface area (Å²) in [4.78, 5) is 32.2. The van der Waals surface area contributed by atoms with Gasteiger partial charge in [0.15, 0.2) is 0 Å². The Balaban J connectivity index is 1.73. The van der Waals surface area contributed by atoms with Gasteiger partial charge >= 0.3 is 18.3 Å². The summed E-state index contributed by atoms with van der Waals surface area (Å²) < 4.78 is 101. The van der Waals surface area contributed by atoms with E-state index < -0.39 is 46.2 Å². The van der Waals surface area contributed by atoms with Crippen LogP contribution in [0.1, 0.15) is 87.2 Å². The van der Waals surface area contributed by atoms with Crippen molar-refractivity contribution in [3.8, 4) is 11.1 Å². The van der Waals surface area contributed by atoms with E-state index in [1.807, 2.05) is 6.92 Å². The van der Waals surface area contributed by atoms with Crippen LogP contribution in [0.3, 0.4) is 0 Å². The zero-order valence-corrected chi connectivity index (χ0v) is 27.7. The summed E-state index contributed by atoms with van der Waals surface area (Å²) in [6.45, 7) is 8.16. The molecular weight excluding hydrogens is 641 g/mol. The fourth-order valence-electron chi connectivity index (χ4n) is 6.45. The number of alkyl halides is 6. The number of likely N-dealkylation sites (N-methyl/N-ethyl adjacent to an activating group) is 1. The second kappa shape index (κ2) is 13.9. The third-order valence-corrected chi connectivity index (χ3v) is 9.45. The number of carbonyl (C=O) groups excluding carboxylic acids is 2. The minimum atomic E-state index is -5.08. The van der Waals surface area contributed by atoms with E-state index in [1.54, 1.807) is 26.0 Å². The molecule has 0 saturated heterocycles. The summed E-state index contributed by atoms with van der Waals surface area (Å²) in [5.41, 5.74) is -2.73. The Kier molecular flexibility index (Phi) is 10.7. The topological polar surface area (TPSA) is 59.5 Å². The minimum Gasteiger partial charge on any atom is -0.466 e. The van der Waals surface area contributed by atoms with Gasteiger partial charge in [-0.05, 0) is 112 Å². The van der Waals surface area contributed by atoms with E-state index in [1.165, 1.54) is 44.1 Å². The molecule has 1 unspecified atom stereocenters. The van der Waals surface area contributed by atoms with Gasteiger partial charge in [0.1, 0.15) is 5.82 Å². The first kappa shape index (κ1) is 36.9. The molecule has 1 aromatic heterocycles. The van der Waals surface area contributed by atoms with Crippen LogP contribution in [-0.2, 0) is 32.1 Å². The maximum atomic E-state index is 14.1. The smallest absolute Gasteiger partial charge is 0.416 e. The first-order chi connectivity index (χ1) is 22.2. The van der Waals surface area contributed by atoms with Crippen molar-refractivity contribution in [2.24, 2.45) is 11.8 Å². The predicted octanol–water partition coefficient (Wildman–Crippen LogP) is 9.65. The van der Waals surface area contributed by atoms with E-state index in [-0.39, 0.29) is 35.5 Å². The molecule has 12 heteroatoms. The lowest BCUT2D eigenvalue weighted by atomic mass is 9.75. The summed E-state index contributed by atoms with van der Waals surface area (Å²) in [5, 5.41) is 0. The molecule has 1 saturated carbocycles. The Labute approximate surface area is 275 Å². The molecule has 5 nitrogen and oxygen atoms in total. The molecule has 0 spiro atoms. The number of aromatic nitrogens is 1. The number of halogens is 7. The highest BCUT2D eigenvalue weighted by molar-refractivity contribution is 6.03. The van der Waals surface area contributed by atoms with Crippen LogP contribution in [0.2, 0.25) is 0 Å². The van der Waals surface area contributed by atoms with Gasteiger partial charge in [-0.25, -0.2) is 4.39 Å². The highest BCUT2D eigenvalue weighted by atomic mass is 19.4. The molecule has 2 aromatic carbocycles. The zero-order chi connectivity index (χ0) is 35.8. The number of esters is 1. The summed E-state index contributed by atoms with van der Waals surface area (Å²) >= 11 is 0. The number of hydrogen-bond acceptors (Lipinski definition) is 4. The molecule has 1 fully saturated rings. The lowest BCUT2D eigenvalue weighted by Gasteiger charge is -2.33. The van der Waals surface area contributed by atoms with E-state index in [4.69, 9.17) is 4.74 Å². The highest BCUT2D eigenvalue weighted by Gasteiger charge is 2.41. The minimum absolute atomic E-state index is 0.0209. The molecule has 0 N–H and O–H groups in total. The molecule has 0 bridgehead atoms. The molecule has 4 rings (SSSR count). The second-order valence-corrected chi connectivity index (χ2v) is 13.0. The first-order valence-corrected chi connectivity index (χ1v) is 15.8. The lowest BCUT2D eigenvalue weighted by molar-refractivity contribution is -0.150. The molecule has 1 atom stereocenters. The van der Waals surface area contributed by atoms with Gasteiger partial charge in [-0.2, -0.15) is 26.3 Å².